The maximum Gasteiger partial charge on any atom is 0.0230 e. The summed E-state index contributed by atoms with van der Waals surface area (Å²) in [4.78, 5) is 2.37. The Balaban J connectivity index is 2.48. The molecule has 0 saturated heterocycles. The lowest BCUT2D eigenvalue weighted by Crippen LogP contribution is -2.29. The molecule has 1 atom stereocenters. The molecule has 2 heteroatoms. The molecule has 0 fully saturated rings. The van der Waals surface area contributed by atoms with E-state index < -0.39 is 0 Å². The highest BCUT2D eigenvalue weighted by atomic mass is 15.1. The second-order valence-electron chi connectivity index (χ2n) is 6.12. The number of hydrogen-bond donors (Lipinski definition) is 1. The molecule has 1 aromatic rings. The van der Waals surface area contributed by atoms with Gasteiger partial charge in [-0.25, -0.2) is 0 Å². The Morgan fingerprint density at radius 3 is 2.16 bits per heavy atom. The van der Waals surface area contributed by atoms with Crippen LogP contribution in [-0.4, -0.2) is 25.0 Å². The normalized spacial score (nSPS) is 13.2. The molecule has 0 bridgehead atoms. The van der Waals surface area contributed by atoms with Crippen molar-refractivity contribution in [2.75, 3.05) is 20.1 Å². The van der Waals surface area contributed by atoms with Crippen LogP contribution in [0.2, 0.25) is 0 Å². The smallest absolute Gasteiger partial charge is 0.0230 e. The van der Waals surface area contributed by atoms with E-state index >= 15 is 0 Å². The largest absolute Gasteiger partial charge is 0.330 e. The van der Waals surface area contributed by atoms with Crippen molar-refractivity contribution in [1.82, 2.24) is 4.90 Å². The fourth-order valence-electron chi connectivity index (χ4n) is 2.44. The standard InChI is InChI=1S/C17H30N2/c1-5-15(11-18)12-19(4)13-17-8-6-16(7-9-17)10-14(2)3/h6-9,14-15H,5,10-13,18H2,1-4H3. The molecule has 1 unspecified atom stereocenters. The molecule has 0 aliphatic heterocycles. The van der Waals surface area contributed by atoms with Crippen LogP contribution >= 0.6 is 0 Å². The molecule has 0 radical (unpaired) electrons. The summed E-state index contributed by atoms with van der Waals surface area (Å²) < 4.78 is 0. The van der Waals surface area contributed by atoms with Gasteiger partial charge in [-0.3, -0.25) is 0 Å². The second-order valence-corrected chi connectivity index (χ2v) is 6.12. The van der Waals surface area contributed by atoms with Crippen molar-refractivity contribution in [3.05, 3.63) is 35.4 Å². The third kappa shape index (κ3) is 6.22. The zero-order valence-electron chi connectivity index (χ0n) is 13.0. The summed E-state index contributed by atoms with van der Waals surface area (Å²) in [6, 6.07) is 9.06. The quantitative estimate of drug-likeness (QED) is 0.779. The minimum absolute atomic E-state index is 0.616. The summed E-state index contributed by atoms with van der Waals surface area (Å²) in [6.07, 6.45) is 2.33. The first-order valence-corrected chi connectivity index (χ1v) is 7.51. The molecular formula is C17H30N2. The Labute approximate surface area is 119 Å². The van der Waals surface area contributed by atoms with Gasteiger partial charge in [-0.2, -0.15) is 0 Å². The predicted octanol–water partition coefficient (Wildman–Crippen LogP) is 3.30. The minimum Gasteiger partial charge on any atom is -0.330 e. The maximum atomic E-state index is 5.76. The predicted molar refractivity (Wildman–Crippen MR) is 84.2 cm³/mol. The lowest BCUT2D eigenvalue weighted by Gasteiger charge is -2.22. The van der Waals surface area contributed by atoms with Crippen molar-refractivity contribution in [2.24, 2.45) is 17.6 Å². The molecule has 0 aliphatic rings. The molecule has 19 heavy (non-hydrogen) atoms. The Kier molecular flexibility index (Phi) is 7.11. The van der Waals surface area contributed by atoms with Crippen molar-refractivity contribution in [1.29, 1.82) is 0 Å². The van der Waals surface area contributed by atoms with Gasteiger partial charge in [-0.05, 0) is 43.0 Å². The van der Waals surface area contributed by atoms with Crippen LogP contribution < -0.4 is 5.73 Å². The summed E-state index contributed by atoms with van der Waals surface area (Å²) in [5.74, 6) is 1.34. The van der Waals surface area contributed by atoms with E-state index in [9.17, 15) is 0 Å². The van der Waals surface area contributed by atoms with Crippen LogP contribution in [-0.2, 0) is 13.0 Å². The van der Waals surface area contributed by atoms with E-state index in [4.69, 9.17) is 5.73 Å². The van der Waals surface area contributed by atoms with Gasteiger partial charge in [0, 0.05) is 13.1 Å². The fraction of sp³-hybridized carbons (Fsp3) is 0.647. The zero-order valence-corrected chi connectivity index (χ0v) is 13.0. The first-order chi connectivity index (χ1) is 9.05. The molecule has 2 N–H and O–H groups in total. The van der Waals surface area contributed by atoms with Gasteiger partial charge >= 0.3 is 0 Å². The molecule has 2 nitrogen and oxygen atoms in total. The lowest BCUT2D eigenvalue weighted by molar-refractivity contribution is 0.268. The lowest BCUT2D eigenvalue weighted by atomic mass is 10.0. The highest BCUT2D eigenvalue weighted by Gasteiger charge is 2.08. The van der Waals surface area contributed by atoms with Gasteiger partial charge < -0.3 is 10.6 Å². The van der Waals surface area contributed by atoms with Gasteiger partial charge in [0.2, 0.25) is 0 Å². The summed E-state index contributed by atoms with van der Waals surface area (Å²) in [5, 5.41) is 0. The molecule has 0 aromatic heterocycles. The Hall–Kier alpha value is -0.860. The van der Waals surface area contributed by atoms with Crippen LogP contribution in [0.15, 0.2) is 24.3 Å². The number of rotatable bonds is 8. The highest BCUT2D eigenvalue weighted by Crippen LogP contribution is 2.12. The van der Waals surface area contributed by atoms with Crippen molar-refractivity contribution in [3.63, 3.8) is 0 Å². The van der Waals surface area contributed by atoms with E-state index in [0.717, 1.165) is 32.0 Å². The molecule has 0 amide bonds. The average molecular weight is 262 g/mol. The molecule has 0 saturated carbocycles. The van der Waals surface area contributed by atoms with Gasteiger partial charge in [-0.1, -0.05) is 51.5 Å². The molecule has 0 aliphatic carbocycles. The van der Waals surface area contributed by atoms with Crippen LogP contribution in [0.4, 0.5) is 0 Å². The van der Waals surface area contributed by atoms with Gasteiger partial charge in [0.15, 0.2) is 0 Å². The van der Waals surface area contributed by atoms with Crippen LogP contribution in [0, 0.1) is 11.8 Å². The number of benzene rings is 1. The van der Waals surface area contributed by atoms with Gasteiger partial charge in [0.1, 0.15) is 0 Å². The summed E-state index contributed by atoms with van der Waals surface area (Å²) >= 11 is 0. The molecule has 1 aromatic carbocycles. The topological polar surface area (TPSA) is 29.3 Å². The van der Waals surface area contributed by atoms with Gasteiger partial charge in [0.25, 0.3) is 0 Å². The summed E-state index contributed by atoms with van der Waals surface area (Å²) in [5.41, 5.74) is 8.59. The van der Waals surface area contributed by atoms with Crippen LogP contribution in [0.25, 0.3) is 0 Å². The van der Waals surface area contributed by atoms with E-state index in [1.807, 2.05) is 0 Å². The maximum absolute atomic E-state index is 5.76. The highest BCUT2D eigenvalue weighted by molar-refractivity contribution is 5.22. The van der Waals surface area contributed by atoms with E-state index in [0.29, 0.717) is 5.92 Å². The Morgan fingerprint density at radius 2 is 1.68 bits per heavy atom. The third-order valence-corrected chi connectivity index (χ3v) is 3.60. The fourth-order valence-corrected chi connectivity index (χ4v) is 2.44. The van der Waals surface area contributed by atoms with Gasteiger partial charge in [-0.15, -0.1) is 0 Å². The van der Waals surface area contributed by atoms with Crippen molar-refractivity contribution in [2.45, 2.75) is 40.2 Å². The van der Waals surface area contributed by atoms with E-state index in [2.05, 4.69) is 57.0 Å². The molecular weight excluding hydrogens is 232 g/mol. The number of nitrogens with two attached hydrogens (primary N) is 1. The molecule has 1 rings (SSSR count). The Morgan fingerprint density at radius 1 is 1.11 bits per heavy atom. The van der Waals surface area contributed by atoms with Gasteiger partial charge in [0.05, 0.1) is 0 Å². The summed E-state index contributed by atoms with van der Waals surface area (Å²) in [7, 11) is 2.18. The Bertz CT molecular complexity index is 339. The monoisotopic (exact) mass is 262 g/mol. The van der Waals surface area contributed by atoms with Crippen molar-refractivity contribution in [3.8, 4) is 0 Å². The van der Waals surface area contributed by atoms with E-state index in [1.165, 1.54) is 17.5 Å². The van der Waals surface area contributed by atoms with Crippen molar-refractivity contribution < 1.29 is 0 Å². The molecule has 0 spiro atoms. The minimum atomic E-state index is 0.616. The van der Waals surface area contributed by atoms with E-state index in [1.54, 1.807) is 0 Å². The SMILES string of the molecule is CCC(CN)CN(C)Cc1ccc(CC(C)C)cc1. The molecule has 0 heterocycles. The van der Waals surface area contributed by atoms with E-state index in [-0.39, 0.29) is 0 Å². The second kappa shape index (κ2) is 8.34. The summed E-state index contributed by atoms with van der Waals surface area (Å²) in [6.45, 7) is 9.62. The average Bonchev–Trinajstić information content (AvgIpc) is 2.37. The first-order valence-electron chi connectivity index (χ1n) is 7.51. The third-order valence-electron chi connectivity index (χ3n) is 3.60. The number of hydrogen-bond acceptors (Lipinski definition) is 2. The number of nitrogens with zero attached hydrogens (tertiary/aromatic N) is 1. The van der Waals surface area contributed by atoms with Crippen LogP contribution in [0.3, 0.4) is 0 Å². The zero-order chi connectivity index (χ0) is 14.3. The van der Waals surface area contributed by atoms with Crippen molar-refractivity contribution >= 4 is 0 Å². The molecule has 108 valence electrons. The van der Waals surface area contributed by atoms with Crippen LogP contribution in [0.1, 0.15) is 38.3 Å². The van der Waals surface area contributed by atoms with Crippen LogP contribution in [0.5, 0.6) is 0 Å². The first kappa shape index (κ1) is 16.2.